The molecule has 1 aromatic carbocycles. The minimum Gasteiger partial charge on any atom is -0.396 e. The van der Waals surface area contributed by atoms with E-state index in [1.807, 2.05) is 0 Å². The first-order chi connectivity index (χ1) is 15.3. The van der Waals surface area contributed by atoms with Gasteiger partial charge in [0.1, 0.15) is 11.2 Å². The molecule has 1 aliphatic heterocycles. The van der Waals surface area contributed by atoms with Crippen LogP contribution in [0, 0.1) is 5.92 Å². The predicted molar refractivity (Wildman–Crippen MR) is 113 cm³/mol. The number of amides is 1. The Morgan fingerprint density at radius 2 is 1.97 bits per heavy atom. The lowest BCUT2D eigenvalue weighted by Crippen LogP contribution is -2.32. The fourth-order valence-corrected chi connectivity index (χ4v) is 3.82. The summed E-state index contributed by atoms with van der Waals surface area (Å²) in [6.45, 7) is 4.10. The summed E-state index contributed by atoms with van der Waals surface area (Å²) in [4.78, 5) is 17.9. The van der Waals surface area contributed by atoms with E-state index in [0.717, 1.165) is 12.1 Å². The fourth-order valence-electron chi connectivity index (χ4n) is 3.82. The number of nitrogens with zero attached hydrogens (tertiary/aromatic N) is 4. The average molecular weight is 443 g/mol. The number of carbonyl (C=O) groups excluding carboxylic acids is 1. The van der Waals surface area contributed by atoms with E-state index in [2.05, 4.69) is 27.1 Å². The third kappa shape index (κ3) is 4.13. The van der Waals surface area contributed by atoms with Crippen LogP contribution in [-0.4, -0.2) is 56.8 Å². The number of nitrogens with one attached hydrogen (secondary N) is 1. The number of hydrogen-bond donors (Lipinski definition) is 2. The van der Waals surface area contributed by atoms with Crippen LogP contribution >= 0.6 is 0 Å². The van der Waals surface area contributed by atoms with Crippen LogP contribution in [0.1, 0.15) is 5.56 Å². The lowest BCUT2D eigenvalue weighted by Gasteiger charge is -2.19. The van der Waals surface area contributed by atoms with Crippen molar-refractivity contribution in [2.24, 2.45) is 5.92 Å². The quantitative estimate of drug-likeness (QED) is 0.589. The summed E-state index contributed by atoms with van der Waals surface area (Å²) >= 11 is 0. The number of benzene rings is 1. The number of halogens is 3. The fraction of sp³-hybridized carbons (Fsp3) is 0.273. The van der Waals surface area contributed by atoms with E-state index in [9.17, 15) is 23.1 Å². The maximum absolute atomic E-state index is 12.9. The Kier molecular flexibility index (Phi) is 5.79. The summed E-state index contributed by atoms with van der Waals surface area (Å²) in [5, 5.41) is 22.0. The molecular formula is C22H20F3N5O2. The van der Waals surface area contributed by atoms with Crippen molar-refractivity contribution >= 4 is 22.6 Å². The van der Waals surface area contributed by atoms with Crippen molar-refractivity contribution in [3.8, 4) is 11.3 Å². The van der Waals surface area contributed by atoms with Crippen molar-refractivity contribution in [1.29, 1.82) is 0 Å². The highest BCUT2D eigenvalue weighted by molar-refractivity contribution is 5.97. The number of rotatable bonds is 5. The molecule has 0 radical (unpaired) electrons. The highest BCUT2D eigenvalue weighted by atomic mass is 19.4. The van der Waals surface area contributed by atoms with Crippen LogP contribution in [-0.2, 0) is 11.0 Å². The molecule has 3 aromatic rings. The van der Waals surface area contributed by atoms with Gasteiger partial charge in [0, 0.05) is 42.8 Å². The van der Waals surface area contributed by atoms with Gasteiger partial charge in [-0.1, -0.05) is 18.7 Å². The maximum Gasteiger partial charge on any atom is 0.416 e. The van der Waals surface area contributed by atoms with Gasteiger partial charge in [0.15, 0.2) is 5.82 Å². The van der Waals surface area contributed by atoms with Gasteiger partial charge in [0.2, 0.25) is 5.91 Å². The second kappa shape index (κ2) is 8.54. The van der Waals surface area contributed by atoms with Crippen molar-refractivity contribution in [2.45, 2.75) is 12.2 Å². The van der Waals surface area contributed by atoms with E-state index in [1.165, 1.54) is 18.2 Å². The van der Waals surface area contributed by atoms with Crippen LogP contribution < -0.4 is 5.32 Å². The zero-order chi connectivity index (χ0) is 22.9. The van der Waals surface area contributed by atoms with Gasteiger partial charge in [-0.2, -0.15) is 13.2 Å². The van der Waals surface area contributed by atoms with Crippen LogP contribution in [0.2, 0.25) is 0 Å². The molecule has 0 bridgehead atoms. The summed E-state index contributed by atoms with van der Waals surface area (Å²) < 4.78 is 38.7. The van der Waals surface area contributed by atoms with Crippen molar-refractivity contribution in [3.05, 3.63) is 60.8 Å². The third-order valence-corrected chi connectivity index (χ3v) is 5.51. The van der Waals surface area contributed by atoms with Gasteiger partial charge in [0.05, 0.1) is 11.6 Å². The van der Waals surface area contributed by atoms with Gasteiger partial charge in [-0.3, -0.25) is 9.78 Å². The molecule has 7 nitrogen and oxygen atoms in total. The van der Waals surface area contributed by atoms with Crippen LogP contribution in [0.25, 0.3) is 22.2 Å². The first kappa shape index (κ1) is 21.7. The van der Waals surface area contributed by atoms with E-state index >= 15 is 0 Å². The molecule has 3 heterocycles. The molecule has 10 heteroatoms. The number of fused-ring (bicyclic) bond motifs is 1. The minimum absolute atomic E-state index is 0.124. The Labute approximate surface area is 181 Å². The summed E-state index contributed by atoms with van der Waals surface area (Å²) in [7, 11) is 0. The zero-order valence-electron chi connectivity index (χ0n) is 16.9. The molecule has 4 rings (SSSR count). The molecule has 1 saturated heterocycles. The molecule has 32 heavy (non-hydrogen) atoms. The summed E-state index contributed by atoms with van der Waals surface area (Å²) in [6.07, 6.45) is -1.61. The Bertz CT molecular complexity index is 1150. The van der Waals surface area contributed by atoms with Crippen LogP contribution in [0.3, 0.4) is 0 Å². The minimum atomic E-state index is -4.42. The standard InChI is InChI=1S/C22H20F3N5O2/c1-2-18(32)30-10-14(12-31)17(11-30)27-21-20-16(4-3-9-26-20)19(28-29-21)13-5-7-15(8-6-13)22(23,24)25/h2-9,14,17,31H,1,10-12H2,(H,27,29)/t14-,17+/m0/s1. The van der Waals surface area contributed by atoms with Crippen molar-refractivity contribution in [2.75, 3.05) is 25.0 Å². The number of anilines is 1. The number of aliphatic hydroxyl groups is 1. The van der Waals surface area contributed by atoms with Crippen molar-refractivity contribution in [1.82, 2.24) is 20.1 Å². The number of aliphatic hydroxyl groups excluding tert-OH is 1. The SMILES string of the molecule is C=CC(=O)N1C[C@@H](CO)[C@H](Nc2nnc(-c3ccc(C(F)(F)F)cc3)c3cccnc23)C1. The zero-order valence-corrected chi connectivity index (χ0v) is 16.9. The van der Waals surface area contributed by atoms with Crippen LogP contribution in [0.4, 0.5) is 19.0 Å². The number of pyridine rings is 1. The highest BCUT2D eigenvalue weighted by Crippen LogP contribution is 2.33. The van der Waals surface area contributed by atoms with E-state index in [4.69, 9.17) is 0 Å². The van der Waals surface area contributed by atoms with Gasteiger partial charge in [-0.05, 0) is 30.3 Å². The number of likely N-dealkylation sites (tertiary alicyclic amines) is 1. The number of carbonyl (C=O) groups is 1. The maximum atomic E-state index is 12.9. The summed E-state index contributed by atoms with van der Waals surface area (Å²) in [6, 6.07) is 7.90. The van der Waals surface area contributed by atoms with Gasteiger partial charge >= 0.3 is 6.18 Å². The van der Waals surface area contributed by atoms with Crippen LogP contribution in [0.15, 0.2) is 55.3 Å². The Morgan fingerprint density at radius 3 is 2.62 bits per heavy atom. The summed E-state index contributed by atoms with van der Waals surface area (Å²) in [5.74, 6) is -0.0684. The highest BCUT2D eigenvalue weighted by Gasteiger charge is 2.35. The van der Waals surface area contributed by atoms with Gasteiger partial charge < -0.3 is 15.3 Å². The van der Waals surface area contributed by atoms with Gasteiger partial charge in [0.25, 0.3) is 0 Å². The first-order valence-electron chi connectivity index (χ1n) is 9.89. The Hall–Kier alpha value is -3.53. The molecule has 0 saturated carbocycles. The summed E-state index contributed by atoms with van der Waals surface area (Å²) in [5.41, 5.74) is 0.625. The topological polar surface area (TPSA) is 91.2 Å². The monoisotopic (exact) mass is 443 g/mol. The molecule has 2 atom stereocenters. The van der Waals surface area contributed by atoms with Crippen LogP contribution in [0.5, 0.6) is 0 Å². The molecule has 2 N–H and O–H groups in total. The van der Waals surface area contributed by atoms with E-state index < -0.39 is 11.7 Å². The van der Waals surface area contributed by atoms with E-state index in [0.29, 0.717) is 41.1 Å². The Balaban J connectivity index is 1.67. The molecule has 0 aliphatic carbocycles. The third-order valence-electron chi connectivity index (χ3n) is 5.51. The molecule has 0 spiro atoms. The van der Waals surface area contributed by atoms with Gasteiger partial charge in [-0.25, -0.2) is 0 Å². The first-order valence-corrected chi connectivity index (χ1v) is 9.89. The molecule has 2 aromatic heterocycles. The molecular weight excluding hydrogens is 423 g/mol. The van der Waals surface area contributed by atoms with E-state index in [-0.39, 0.29) is 24.5 Å². The van der Waals surface area contributed by atoms with E-state index in [1.54, 1.807) is 23.2 Å². The number of aromatic nitrogens is 3. The predicted octanol–water partition coefficient (Wildman–Crippen LogP) is 3.13. The molecule has 1 fully saturated rings. The second-order valence-electron chi connectivity index (χ2n) is 7.51. The second-order valence-corrected chi connectivity index (χ2v) is 7.51. The lowest BCUT2D eigenvalue weighted by molar-refractivity contribution is -0.137. The van der Waals surface area contributed by atoms with Crippen molar-refractivity contribution in [3.63, 3.8) is 0 Å². The normalized spacial score (nSPS) is 18.7. The number of alkyl halides is 3. The average Bonchev–Trinajstić information content (AvgIpc) is 3.21. The smallest absolute Gasteiger partial charge is 0.396 e. The molecule has 1 aliphatic rings. The molecule has 166 valence electrons. The lowest BCUT2D eigenvalue weighted by atomic mass is 10.0. The van der Waals surface area contributed by atoms with Gasteiger partial charge in [-0.15, -0.1) is 10.2 Å². The number of hydrogen-bond acceptors (Lipinski definition) is 6. The largest absolute Gasteiger partial charge is 0.416 e. The Morgan fingerprint density at radius 1 is 1.22 bits per heavy atom. The molecule has 0 unspecified atom stereocenters. The molecule has 1 amide bonds. The van der Waals surface area contributed by atoms with Crippen molar-refractivity contribution < 1.29 is 23.1 Å².